The number of halogens is 1. The van der Waals surface area contributed by atoms with Crippen LogP contribution in [0, 0.1) is 5.92 Å². The molecule has 0 fully saturated rings. The van der Waals surface area contributed by atoms with Crippen LogP contribution >= 0.6 is 27.7 Å². The van der Waals surface area contributed by atoms with Gasteiger partial charge in [-0.3, -0.25) is 9.59 Å². The largest absolute Gasteiger partial charge is 0.497 e. The number of carbonyl (C=O) groups excluding carboxylic acids is 2. The van der Waals surface area contributed by atoms with Crippen molar-refractivity contribution in [2.24, 2.45) is 5.92 Å². The summed E-state index contributed by atoms with van der Waals surface area (Å²) in [6, 6.07) is 25.0. The summed E-state index contributed by atoms with van der Waals surface area (Å²) in [7, 11) is 1.64. The van der Waals surface area contributed by atoms with Crippen molar-refractivity contribution >= 4 is 39.5 Å². The summed E-state index contributed by atoms with van der Waals surface area (Å²) in [5, 5.41) is 3.07. The number of hydrogen-bond donors (Lipinski definition) is 1. The van der Waals surface area contributed by atoms with Gasteiger partial charge in [-0.1, -0.05) is 84.4 Å². The number of nitrogens with zero attached hydrogens (tertiary/aromatic N) is 1. The van der Waals surface area contributed by atoms with E-state index in [0.717, 1.165) is 26.9 Å². The maximum atomic E-state index is 13.7. The molecular weight excluding hydrogens is 548 g/mol. The van der Waals surface area contributed by atoms with E-state index in [-0.39, 0.29) is 17.6 Å². The van der Waals surface area contributed by atoms with Crippen LogP contribution in [0.3, 0.4) is 0 Å². The minimum atomic E-state index is -0.612. The Bertz CT molecular complexity index is 1120. The third-order valence-corrected chi connectivity index (χ3v) is 7.39. The molecule has 3 aromatic carbocycles. The van der Waals surface area contributed by atoms with E-state index in [4.69, 9.17) is 4.74 Å². The molecule has 37 heavy (non-hydrogen) atoms. The number of nitrogens with one attached hydrogen (secondary N) is 1. The topological polar surface area (TPSA) is 58.6 Å². The standard InChI is InChI=1S/C30H35BrN2O3S/c1-22(2)18-32-30(35)28(17-23-7-5-4-6-8-23)33(19-24-9-13-26(31)14-10-24)29(34)21-37-20-25-11-15-27(36-3)16-12-25/h4-16,22,28H,17-21H2,1-3H3,(H,32,35). The molecule has 0 aliphatic rings. The van der Waals surface area contributed by atoms with Crippen LogP contribution in [0.5, 0.6) is 5.75 Å². The molecule has 0 spiro atoms. The highest BCUT2D eigenvalue weighted by molar-refractivity contribution is 9.10. The second kappa shape index (κ2) is 14.8. The minimum absolute atomic E-state index is 0.0536. The molecule has 0 saturated heterocycles. The fraction of sp³-hybridized carbons (Fsp3) is 0.333. The van der Waals surface area contributed by atoms with E-state index < -0.39 is 6.04 Å². The molecular formula is C30H35BrN2O3S. The lowest BCUT2D eigenvalue weighted by atomic mass is 10.0. The summed E-state index contributed by atoms with van der Waals surface area (Å²) in [5.41, 5.74) is 3.12. The summed E-state index contributed by atoms with van der Waals surface area (Å²) in [5.74, 6) is 1.93. The summed E-state index contributed by atoms with van der Waals surface area (Å²) < 4.78 is 6.20. The van der Waals surface area contributed by atoms with Gasteiger partial charge in [0.2, 0.25) is 11.8 Å². The van der Waals surface area contributed by atoms with Crippen LogP contribution in [0.2, 0.25) is 0 Å². The van der Waals surface area contributed by atoms with Crippen LogP contribution in [0.25, 0.3) is 0 Å². The second-order valence-electron chi connectivity index (χ2n) is 9.33. The van der Waals surface area contributed by atoms with Crippen LogP contribution in [-0.4, -0.2) is 42.2 Å². The Morgan fingerprint density at radius 1 is 0.919 bits per heavy atom. The first-order valence-electron chi connectivity index (χ1n) is 12.4. The fourth-order valence-electron chi connectivity index (χ4n) is 3.82. The Balaban J connectivity index is 1.81. The maximum Gasteiger partial charge on any atom is 0.243 e. The number of rotatable bonds is 13. The van der Waals surface area contributed by atoms with Crippen molar-refractivity contribution in [3.8, 4) is 5.75 Å². The smallest absolute Gasteiger partial charge is 0.243 e. The zero-order valence-electron chi connectivity index (χ0n) is 21.7. The molecule has 196 valence electrons. The van der Waals surface area contributed by atoms with Crippen LogP contribution in [0.1, 0.15) is 30.5 Å². The van der Waals surface area contributed by atoms with Crippen LogP contribution < -0.4 is 10.1 Å². The van der Waals surface area contributed by atoms with E-state index >= 15 is 0 Å². The molecule has 3 rings (SSSR count). The van der Waals surface area contributed by atoms with E-state index in [9.17, 15) is 9.59 Å². The zero-order chi connectivity index (χ0) is 26.6. The first-order chi connectivity index (χ1) is 17.9. The molecule has 0 heterocycles. The van der Waals surface area contributed by atoms with Crippen molar-refractivity contribution in [2.45, 2.75) is 38.6 Å². The van der Waals surface area contributed by atoms with E-state index in [1.54, 1.807) is 23.8 Å². The Morgan fingerprint density at radius 2 is 1.57 bits per heavy atom. The van der Waals surface area contributed by atoms with E-state index in [1.807, 2.05) is 78.9 Å². The van der Waals surface area contributed by atoms with Gasteiger partial charge in [0.25, 0.3) is 0 Å². The first kappa shape index (κ1) is 28.8. The van der Waals surface area contributed by atoms with Crippen molar-refractivity contribution in [1.29, 1.82) is 0 Å². The van der Waals surface area contributed by atoms with Crippen LogP contribution in [0.15, 0.2) is 83.3 Å². The zero-order valence-corrected chi connectivity index (χ0v) is 24.1. The SMILES string of the molecule is COc1ccc(CSCC(=O)N(Cc2ccc(Br)cc2)C(Cc2ccccc2)C(=O)NCC(C)C)cc1. The molecule has 0 saturated carbocycles. The Labute approximate surface area is 233 Å². The lowest BCUT2D eigenvalue weighted by molar-refractivity contribution is -0.139. The summed E-state index contributed by atoms with van der Waals surface area (Å²) in [4.78, 5) is 28.9. The highest BCUT2D eigenvalue weighted by Crippen LogP contribution is 2.21. The molecule has 7 heteroatoms. The molecule has 0 aromatic heterocycles. The van der Waals surface area contributed by atoms with Gasteiger partial charge >= 0.3 is 0 Å². The number of ether oxygens (including phenoxy) is 1. The van der Waals surface area contributed by atoms with Crippen LogP contribution in [-0.2, 0) is 28.3 Å². The number of hydrogen-bond acceptors (Lipinski definition) is 4. The number of carbonyl (C=O) groups is 2. The highest BCUT2D eigenvalue weighted by Gasteiger charge is 2.30. The van der Waals surface area contributed by atoms with Gasteiger partial charge in [0.05, 0.1) is 12.9 Å². The molecule has 0 radical (unpaired) electrons. The molecule has 0 bridgehead atoms. The third kappa shape index (κ3) is 9.56. The number of amides is 2. The van der Waals surface area contributed by atoms with Gasteiger partial charge in [0.15, 0.2) is 0 Å². The van der Waals surface area contributed by atoms with Gasteiger partial charge in [-0.05, 0) is 46.9 Å². The molecule has 3 aromatic rings. The molecule has 2 amide bonds. The van der Waals surface area contributed by atoms with Crippen molar-refractivity contribution in [1.82, 2.24) is 10.2 Å². The van der Waals surface area contributed by atoms with Crippen LogP contribution in [0.4, 0.5) is 0 Å². The summed E-state index contributed by atoms with van der Waals surface area (Å²) in [6.07, 6.45) is 0.455. The molecule has 5 nitrogen and oxygen atoms in total. The van der Waals surface area contributed by atoms with Gasteiger partial charge in [-0.15, -0.1) is 11.8 Å². The monoisotopic (exact) mass is 582 g/mol. The molecule has 0 aliphatic heterocycles. The van der Waals surface area contributed by atoms with E-state index in [0.29, 0.717) is 31.2 Å². The average molecular weight is 584 g/mol. The van der Waals surface area contributed by atoms with Gasteiger partial charge in [0, 0.05) is 29.7 Å². The second-order valence-corrected chi connectivity index (χ2v) is 11.2. The van der Waals surface area contributed by atoms with Crippen molar-refractivity contribution in [3.63, 3.8) is 0 Å². The lowest BCUT2D eigenvalue weighted by Gasteiger charge is -2.32. The minimum Gasteiger partial charge on any atom is -0.497 e. The van der Waals surface area contributed by atoms with Crippen molar-refractivity contribution < 1.29 is 14.3 Å². The lowest BCUT2D eigenvalue weighted by Crippen LogP contribution is -2.51. The molecule has 1 unspecified atom stereocenters. The first-order valence-corrected chi connectivity index (χ1v) is 14.4. The predicted molar refractivity (Wildman–Crippen MR) is 156 cm³/mol. The Morgan fingerprint density at radius 3 is 2.19 bits per heavy atom. The number of methoxy groups -OCH3 is 1. The van der Waals surface area contributed by atoms with Crippen molar-refractivity contribution in [3.05, 3.63) is 100 Å². The highest BCUT2D eigenvalue weighted by atomic mass is 79.9. The third-order valence-electron chi connectivity index (χ3n) is 5.88. The molecule has 0 aliphatic carbocycles. The number of thioether (sulfide) groups is 1. The quantitative estimate of drug-likeness (QED) is 0.264. The van der Waals surface area contributed by atoms with E-state index in [1.165, 1.54) is 0 Å². The van der Waals surface area contributed by atoms with Gasteiger partial charge in [0.1, 0.15) is 11.8 Å². The summed E-state index contributed by atoms with van der Waals surface area (Å²) in [6.45, 7) is 5.05. The Hall–Kier alpha value is -2.77. The van der Waals surface area contributed by atoms with E-state index in [2.05, 4.69) is 35.1 Å². The fourth-order valence-corrected chi connectivity index (χ4v) is 4.96. The molecule has 1 atom stereocenters. The summed E-state index contributed by atoms with van der Waals surface area (Å²) >= 11 is 5.03. The number of benzene rings is 3. The normalized spacial score (nSPS) is 11.7. The Kier molecular flexibility index (Phi) is 11.5. The van der Waals surface area contributed by atoms with Gasteiger partial charge in [-0.25, -0.2) is 0 Å². The van der Waals surface area contributed by atoms with Crippen molar-refractivity contribution in [2.75, 3.05) is 19.4 Å². The maximum absolute atomic E-state index is 13.7. The average Bonchev–Trinajstić information content (AvgIpc) is 2.91. The van der Waals surface area contributed by atoms with Gasteiger partial charge < -0.3 is 15.0 Å². The predicted octanol–water partition coefficient (Wildman–Crippen LogP) is 6.10. The molecule has 1 N–H and O–H groups in total. The van der Waals surface area contributed by atoms with Gasteiger partial charge in [-0.2, -0.15) is 0 Å².